The van der Waals surface area contributed by atoms with Gasteiger partial charge >= 0.3 is 0 Å². The molecular formula is C24H25ClN6O2. The first-order valence-corrected chi connectivity index (χ1v) is 11.5. The number of pyridine rings is 3. The number of fused-ring (bicyclic) bond motifs is 2. The fourth-order valence-corrected chi connectivity index (χ4v) is 5.19. The first-order chi connectivity index (χ1) is 15.9. The van der Waals surface area contributed by atoms with Gasteiger partial charge in [-0.2, -0.15) is 5.26 Å². The van der Waals surface area contributed by atoms with Crippen LogP contribution < -0.4 is 20.1 Å². The summed E-state index contributed by atoms with van der Waals surface area (Å²) >= 11 is 6.18. The largest absolute Gasteiger partial charge is 0.489 e. The van der Waals surface area contributed by atoms with E-state index in [1.54, 1.807) is 25.4 Å². The number of hydrogen-bond acceptors (Lipinski definition) is 7. The van der Waals surface area contributed by atoms with Gasteiger partial charge in [-0.3, -0.25) is 4.79 Å². The first kappa shape index (κ1) is 21.5. The molecule has 0 amide bonds. The lowest BCUT2D eigenvalue weighted by Crippen LogP contribution is -2.32. The van der Waals surface area contributed by atoms with E-state index in [1.807, 2.05) is 26.0 Å². The topological polar surface area (TPSA) is 87.3 Å². The van der Waals surface area contributed by atoms with Crippen molar-refractivity contribution in [2.75, 3.05) is 36.0 Å². The predicted molar refractivity (Wildman–Crippen MR) is 128 cm³/mol. The summed E-state index contributed by atoms with van der Waals surface area (Å²) in [5, 5.41) is 10.1. The highest BCUT2D eigenvalue weighted by Gasteiger charge is 2.42. The molecule has 33 heavy (non-hydrogen) atoms. The number of hydrogen-bond donors (Lipinski definition) is 0. The number of anilines is 2. The molecule has 0 aliphatic carbocycles. The molecule has 3 aromatic heterocycles. The fourth-order valence-electron chi connectivity index (χ4n) is 5.04. The lowest BCUT2D eigenvalue weighted by molar-refractivity contribution is 0.241. The van der Waals surface area contributed by atoms with Crippen molar-refractivity contribution in [3.63, 3.8) is 0 Å². The molecule has 2 aliphatic heterocycles. The summed E-state index contributed by atoms with van der Waals surface area (Å²) < 4.78 is 7.17. The van der Waals surface area contributed by atoms with E-state index in [9.17, 15) is 10.1 Å². The average molecular weight is 465 g/mol. The third kappa shape index (κ3) is 3.76. The Bertz CT molecular complexity index is 1300. The standard InChI is InChI=1S/C24H25ClN6O2/c1-14(2)33-17-4-7-21(27-9-17)30-10-15-12-31(13-16(15)11-30)23-18(8-26)24(32)29(3)19-5-6-20(25)28-22(19)23/h4-7,9,14-16H,10-13H2,1-3H3/t15-,16-/m1/s1. The SMILES string of the molecule is CC(C)Oc1ccc(N2C[C@@H]3CN(c4c(C#N)c(=O)n(C)c5ccc(Cl)nc45)C[C@H]3C2)nc1. The second-order valence-corrected chi connectivity index (χ2v) is 9.44. The van der Waals surface area contributed by atoms with E-state index >= 15 is 0 Å². The van der Waals surface area contributed by atoms with Crippen LogP contribution in [0.3, 0.4) is 0 Å². The van der Waals surface area contributed by atoms with Crippen molar-refractivity contribution in [1.29, 1.82) is 5.26 Å². The van der Waals surface area contributed by atoms with Crippen LogP contribution in [0.1, 0.15) is 19.4 Å². The molecule has 0 aromatic carbocycles. The lowest BCUT2D eigenvalue weighted by atomic mass is 10.0. The van der Waals surface area contributed by atoms with Crippen LogP contribution in [-0.4, -0.2) is 46.8 Å². The summed E-state index contributed by atoms with van der Waals surface area (Å²) in [6, 6.07) is 9.54. The Morgan fingerprint density at radius 3 is 2.42 bits per heavy atom. The Hall–Kier alpha value is -3.31. The van der Waals surface area contributed by atoms with Gasteiger partial charge in [0, 0.05) is 45.1 Å². The highest BCUT2D eigenvalue weighted by molar-refractivity contribution is 6.29. The zero-order valence-corrected chi connectivity index (χ0v) is 19.6. The van der Waals surface area contributed by atoms with Gasteiger partial charge < -0.3 is 19.1 Å². The maximum Gasteiger partial charge on any atom is 0.270 e. The molecule has 0 unspecified atom stereocenters. The van der Waals surface area contributed by atoms with Crippen LogP contribution in [0.25, 0.3) is 11.0 Å². The van der Waals surface area contributed by atoms with Crippen LogP contribution in [0.15, 0.2) is 35.3 Å². The molecule has 0 saturated carbocycles. The zero-order valence-electron chi connectivity index (χ0n) is 18.8. The van der Waals surface area contributed by atoms with Crippen molar-refractivity contribution in [3.8, 4) is 11.8 Å². The highest BCUT2D eigenvalue weighted by atomic mass is 35.5. The maximum atomic E-state index is 12.9. The lowest BCUT2D eigenvalue weighted by Gasteiger charge is -2.25. The minimum Gasteiger partial charge on any atom is -0.489 e. The van der Waals surface area contributed by atoms with Gasteiger partial charge in [0.2, 0.25) is 0 Å². The monoisotopic (exact) mass is 464 g/mol. The Kier molecular flexibility index (Phi) is 5.37. The summed E-state index contributed by atoms with van der Waals surface area (Å²) in [5.41, 5.74) is 1.69. The van der Waals surface area contributed by atoms with E-state index in [4.69, 9.17) is 16.3 Å². The van der Waals surface area contributed by atoms with Crippen molar-refractivity contribution in [2.45, 2.75) is 20.0 Å². The number of halogens is 1. The van der Waals surface area contributed by atoms with Gasteiger partial charge in [0.15, 0.2) is 0 Å². The Morgan fingerprint density at radius 1 is 1.12 bits per heavy atom. The fraction of sp³-hybridized carbons (Fsp3) is 0.417. The molecule has 0 spiro atoms. The van der Waals surface area contributed by atoms with Gasteiger partial charge in [0.1, 0.15) is 33.9 Å². The molecular weight excluding hydrogens is 440 g/mol. The van der Waals surface area contributed by atoms with E-state index in [2.05, 4.69) is 25.8 Å². The molecule has 0 radical (unpaired) electrons. The van der Waals surface area contributed by atoms with Gasteiger partial charge in [-0.05, 0) is 38.1 Å². The average Bonchev–Trinajstić information content (AvgIpc) is 3.35. The van der Waals surface area contributed by atoms with Crippen LogP contribution >= 0.6 is 11.6 Å². The van der Waals surface area contributed by atoms with E-state index in [1.165, 1.54) is 4.57 Å². The third-order valence-electron chi connectivity index (χ3n) is 6.51. The van der Waals surface area contributed by atoms with Crippen LogP contribution in [0.5, 0.6) is 5.75 Å². The van der Waals surface area contributed by atoms with E-state index < -0.39 is 0 Å². The Morgan fingerprint density at radius 2 is 1.82 bits per heavy atom. The van der Waals surface area contributed by atoms with Gasteiger partial charge in [0.25, 0.3) is 5.56 Å². The minimum absolute atomic E-state index is 0.114. The molecule has 3 aromatic rings. The molecule has 0 N–H and O–H groups in total. The molecule has 0 bridgehead atoms. The van der Waals surface area contributed by atoms with Gasteiger partial charge in [0.05, 0.1) is 23.5 Å². The van der Waals surface area contributed by atoms with E-state index in [0.29, 0.717) is 33.7 Å². The van der Waals surface area contributed by atoms with Gasteiger partial charge in [-0.1, -0.05) is 11.6 Å². The van der Waals surface area contributed by atoms with Crippen LogP contribution in [0, 0.1) is 23.2 Å². The second-order valence-electron chi connectivity index (χ2n) is 9.05. The molecule has 2 saturated heterocycles. The smallest absolute Gasteiger partial charge is 0.270 e. The Labute approximate surface area is 197 Å². The van der Waals surface area contributed by atoms with Crippen molar-refractivity contribution < 1.29 is 4.74 Å². The van der Waals surface area contributed by atoms with Crippen LogP contribution in [0.4, 0.5) is 11.5 Å². The molecule has 2 atom stereocenters. The zero-order chi connectivity index (χ0) is 23.3. The quantitative estimate of drug-likeness (QED) is 0.548. The van der Waals surface area contributed by atoms with Crippen molar-refractivity contribution in [1.82, 2.24) is 14.5 Å². The molecule has 5 rings (SSSR count). The molecule has 9 heteroatoms. The maximum absolute atomic E-state index is 12.9. The molecule has 2 aliphatic rings. The van der Waals surface area contributed by atoms with E-state index in [-0.39, 0.29) is 17.2 Å². The summed E-state index contributed by atoms with van der Waals surface area (Å²) in [7, 11) is 1.66. The molecule has 2 fully saturated rings. The summed E-state index contributed by atoms with van der Waals surface area (Å²) in [6.45, 7) is 7.24. The van der Waals surface area contributed by atoms with Gasteiger partial charge in [-0.15, -0.1) is 0 Å². The third-order valence-corrected chi connectivity index (χ3v) is 6.72. The summed E-state index contributed by atoms with van der Waals surface area (Å²) in [6.07, 6.45) is 1.89. The summed E-state index contributed by atoms with van der Waals surface area (Å²) in [5.74, 6) is 2.52. The number of ether oxygens (including phenoxy) is 1. The van der Waals surface area contributed by atoms with Crippen LogP contribution in [0.2, 0.25) is 5.15 Å². The second kappa shape index (κ2) is 8.23. The number of nitrogens with zero attached hydrogens (tertiary/aromatic N) is 6. The van der Waals surface area contributed by atoms with Crippen molar-refractivity contribution in [3.05, 3.63) is 51.5 Å². The first-order valence-electron chi connectivity index (χ1n) is 11.1. The predicted octanol–water partition coefficient (Wildman–Crippen LogP) is 3.21. The summed E-state index contributed by atoms with van der Waals surface area (Å²) in [4.78, 5) is 26.4. The van der Waals surface area contributed by atoms with Crippen molar-refractivity contribution in [2.24, 2.45) is 18.9 Å². The highest BCUT2D eigenvalue weighted by Crippen LogP contribution is 2.38. The molecule has 170 valence electrons. The van der Waals surface area contributed by atoms with Crippen molar-refractivity contribution >= 4 is 34.1 Å². The number of aryl methyl sites for hydroxylation is 1. The number of aromatic nitrogens is 3. The van der Waals surface area contributed by atoms with Gasteiger partial charge in [-0.25, -0.2) is 9.97 Å². The number of nitriles is 1. The molecule has 5 heterocycles. The van der Waals surface area contributed by atoms with E-state index in [0.717, 1.165) is 37.7 Å². The normalized spacial score (nSPS) is 19.9. The minimum atomic E-state index is -0.310. The Balaban J connectivity index is 1.41. The molecule has 8 nitrogen and oxygen atoms in total. The van der Waals surface area contributed by atoms with Crippen LogP contribution in [-0.2, 0) is 7.05 Å². The number of rotatable bonds is 4.